The number of fused-ring (bicyclic) bond motifs is 1. The van der Waals surface area contributed by atoms with Gasteiger partial charge in [0, 0.05) is 16.1 Å². The Hall–Kier alpha value is -1.99. The Morgan fingerprint density at radius 1 is 1.18 bits per heavy atom. The number of carbonyl (C=O) groups is 1. The van der Waals surface area contributed by atoms with Gasteiger partial charge in [0.25, 0.3) is 10.0 Å². The average Bonchev–Trinajstić information content (AvgIpc) is 2.85. The molecule has 1 aromatic carbocycles. The van der Waals surface area contributed by atoms with Gasteiger partial charge in [-0.3, -0.25) is 4.79 Å². The lowest BCUT2D eigenvalue weighted by atomic mass is 10.2. The lowest BCUT2D eigenvalue weighted by molar-refractivity contribution is 0.111. The highest BCUT2D eigenvalue weighted by Gasteiger charge is 2.23. The van der Waals surface area contributed by atoms with Gasteiger partial charge in [0.05, 0.1) is 10.6 Å². The molecular weight excluding hydrogens is 368 g/mol. The van der Waals surface area contributed by atoms with Crippen LogP contribution in [-0.4, -0.2) is 23.7 Å². The summed E-state index contributed by atoms with van der Waals surface area (Å²) in [5.41, 5.74) is 1.22. The number of aryl methyl sites for hydroxylation is 1. The first-order valence-electron chi connectivity index (χ1n) is 6.38. The molecule has 0 aliphatic rings. The molecule has 0 atom stereocenters. The summed E-state index contributed by atoms with van der Waals surface area (Å²) in [7, 11) is -3.89. The SMILES string of the molecule is Cc1ccc(S(=O)(=O)n2c(C=O)cc3cc(Br)cnc32)cc1. The third-order valence-corrected chi connectivity index (χ3v) is 5.44. The summed E-state index contributed by atoms with van der Waals surface area (Å²) in [6.45, 7) is 1.87. The molecule has 0 aliphatic carbocycles. The summed E-state index contributed by atoms with van der Waals surface area (Å²) in [4.78, 5) is 15.5. The fourth-order valence-corrected chi connectivity index (χ4v) is 4.01. The van der Waals surface area contributed by atoms with E-state index in [1.54, 1.807) is 18.2 Å². The molecule has 5 nitrogen and oxygen atoms in total. The van der Waals surface area contributed by atoms with Crippen molar-refractivity contribution in [3.63, 3.8) is 0 Å². The van der Waals surface area contributed by atoms with Gasteiger partial charge in [-0.15, -0.1) is 0 Å². The Bertz CT molecular complexity index is 976. The summed E-state index contributed by atoms with van der Waals surface area (Å²) in [6.07, 6.45) is 2.01. The Labute approximate surface area is 135 Å². The van der Waals surface area contributed by atoms with Crippen molar-refractivity contribution in [3.05, 3.63) is 58.3 Å². The van der Waals surface area contributed by atoms with E-state index in [9.17, 15) is 13.2 Å². The van der Waals surface area contributed by atoms with Crippen molar-refractivity contribution >= 4 is 43.3 Å². The third-order valence-electron chi connectivity index (χ3n) is 3.27. The molecule has 0 fully saturated rings. The molecule has 0 N–H and O–H groups in total. The number of hydrogen-bond donors (Lipinski definition) is 0. The number of rotatable bonds is 3. The third kappa shape index (κ3) is 2.36. The van der Waals surface area contributed by atoms with E-state index in [4.69, 9.17) is 0 Å². The van der Waals surface area contributed by atoms with Gasteiger partial charge in [-0.2, -0.15) is 0 Å². The van der Waals surface area contributed by atoms with Crippen LogP contribution in [0.5, 0.6) is 0 Å². The maximum atomic E-state index is 12.8. The topological polar surface area (TPSA) is 69.0 Å². The molecule has 2 heterocycles. The van der Waals surface area contributed by atoms with Gasteiger partial charge >= 0.3 is 0 Å². The first-order chi connectivity index (χ1) is 10.4. The Kier molecular flexibility index (Phi) is 3.62. The fraction of sp³-hybridized carbons (Fsp3) is 0.0667. The van der Waals surface area contributed by atoms with Crippen LogP contribution in [0.2, 0.25) is 0 Å². The van der Waals surface area contributed by atoms with Gasteiger partial charge in [-0.25, -0.2) is 17.4 Å². The van der Waals surface area contributed by atoms with Crippen LogP contribution in [0.15, 0.2) is 52.0 Å². The highest BCUT2D eigenvalue weighted by molar-refractivity contribution is 9.10. The second-order valence-corrected chi connectivity index (χ2v) is 7.54. The second-order valence-electron chi connectivity index (χ2n) is 4.84. The van der Waals surface area contributed by atoms with Crippen LogP contribution in [0.3, 0.4) is 0 Å². The second kappa shape index (κ2) is 5.33. The maximum absolute atomic E-state index is 12.8. The number of pyridine rings is 1. The van der Waals surface area contributed by atoms with Crippen LogP contribution >= 0.6 is 15.9 Å². The minimum atomic E-state index is -3.89. The Morgan fingerprint density at radius 2 is 1.86 bits per heavy atom. The normalized spacial score (nSPS) is 11.7. The zero-order chi connectivity index (χ0) is 15.9. The summed E-state index contributed by atoms with van der Waals surface area (Å²) >= 11 is 3.28. The first-order valence-corrected chi connectivity index (χ1v) is 8.61. The van der Waals surface area contributed by atoms with Crippen molar-refractivity contribution in [2.24, 2.45) is 0 Å². The van der Waals surface area contributed by atoms with Gasteiger partial charge in [0.15, 0.2) is 11.9 Å². The molecule has 7 heteroatoms. The lowest BCUT2D eigenvalue weighted by Crippen LogP contribution is -2.16. The highest BCUT2D eigenvalue weighted by Crippen LogP contribution is 2.25. The van der Waals surface area contributed by atoms with Crippen LogP contribution in [0.1, 0.15) is 16.1 Å². The van der Waals surface area contributed by atoms with Gasteiger partial charge in [0.1, 0.15) is 0 Å². The van der Waals surface area contributed by atoms with Gasteiger partial charge in [0.2, 0.25) is 0 Å². The van der Waals surface area contributed by atoms with Crippen molar-refractivity contribution in [2.75, 3.05) is 0 Å². The zero-order valence-corrected chi connectivity index (χ0v) is 13.9. The minimum absolute atomic E-state index is 0.0428. The van der Waals surface area contributed by atoms with E-state index < -0.39 is 10.0 Å². The number of aromatic nitrogens is 2. The summed E-state index contributed by atoms with van der Waals surface area (Å²) in [5.74, 6) is 0. The molecule has 0 saturated carbocycles. The number of halogens is 1. The number of nitrogens with zero attached hydrogens (tertiary/aromatic N) is 2. The molecule has 0 spiro atoms. The quantitative estimate of drug-likeness (QED) is 0.656. The van der Waals surface area contributed by atoms with Crippen LogP contribution in [-0.2, 0) is 10.0 Å². The predicted octanol–water partition coefficient (Wildman–Crippen LogP) is 3.16. The van der Waals surface area contributed by atoms with Crippen molar-refractivity contribution in [1.29, 1.82) is 0 Å². The van der Waals surface area contributed by atoms with E-state index in [2.05, 4.69) is 20.9 Å². The average molecular weight is 379 g/mol. The van der Waals surface area contributed by atoms with Crippen molar-refractivity contribution in [2.45, 2.75) is 11.8 Å². The molecule has 0 aliphatic heterocycles. The fourth-order valence-electron chi connectivity index (χ4n) is 2.21. The van der Waals surface area contributed by atoms with Crippen LogP contribution < -0.4 is 0 Å². The van der Waals surface area contributed by atoms with Gasteiger partial charge < -0.3 is 0 Å². The smallest absolute Gasteiger partial charge is 0.270 e. The van der Waals surface area contributed by atoms with E-state index in [0.29, 0.717) is 16.1 Å². The molecule has 22 heavy (non-hydrogen) atoms. The van der Waals surface area contributed by atoms with Gasteiger partial charge in [-0.1, -0.05) is 17.7 Å². The molecular formula is C15H11BrN2O3S. The lowest BCUT2D eigenvalue weighted by Gasteiger charge is -2.09. The van der Waals surface area contributed by atoms with E-state index >= 15 is 0 Å². The van der Waals surface area contributed by atoms with Crippen molar-refractivity contribution in [3.8, 4) is 0 Å². The summed E-state index contributed by atoms with van der Waals surface area (Å²) in [5, 5.41) is 0.576. The molecule has 0 saturated heterocycles. The number of benzene rings is 1. The summed E-state index contributed by atoms with van der Waals surface area (Å²) < 4.78 is 27.4. The number of aldehydes is 1. The van der Waals surface area contributed by atoms with E-state index in [-0.39, 0.29) is 16.2 Å². The van der Waals surface area contributed by atoms with Crippen LogP contribution in [0.25, 0.3) is 11.0 Å². The van der Waals surface area contributed by atoms with Crippen LogP contribution in [0.4, 0.5) is 0 Å². The molecule has 2 aromatic heterocycles. The molecule has 0 amide bonds. The maximum Gasteiger partial charge on any atom is 0.270 e. The molecule has 0 unspecified atom stereocenters. The highest BCUT2D eigenvalue weighted by atomic mass is 79.9. The van der Waals surface area contributed by atoms with E-state index in [1.165, 1.54) is 24.4 Å². The summed E-state index contributed by atoms with van der Waals surface area (Å²) in [6, 6.07) is 9.68. The monoisotopic (exact) mass is 378 g/mol. The number of hydrogen-bond acceptors (Lipinski definition) is 4. The van der Waals surface area contributed by atoms with Crippen molar-refractivity contribution in [1.82, 2.24) is 8.96 Å². The predicted molar refractivity (Wildman–Crippen MR) is 86.6 cm³/mol. The van der Waals surface area contributed by atoms with Crippen molar-refractivity contribution < 1.29 is 13.2 Å². The molecule has 3 rings (SSSR count). The molecule has 112 valence electrons. The van der Waals surface area contributed by atoms with E-state index in [0.717, 1.165) is 9.54 Å². The number of carbonyl (C=O) groups excluding carboxylic acids is 1. The van der Waals surface area contributed by atoms with Crippen LogP contribution in [0, 0.1) is 6.92 Å². The Balaban J connectivity index is 2.32. The van der Waals surface area contributed by atoms with Gasteiger partial charge in [-0.05, 0) is 47.1 Å². The minimum Gasteiger partial charge on any atom is -0.296 e. The standard InChI is InChI=1S/C15H11BrN2O3S/c1-10-2-4-14(5-3-10)22(20,21)18-13(9-19)7-11-6-12(16)8-17-15(11)18/h2-9H,1H3. The van der Waals surface area contributed by atoms with E-state index in [1.807, 2.05) is 6.92 Å². The largest absolute Gasteiger partial charge is 0.296 e. The molecule has 0 bridgehead atoms. The first kappa shape index (κ1) is 14.9. The molecule has 0 radical (unpaired) electrons. The Morgan fingerprint density at radius 3 is 2.50 bits per heavy atom. The zero-order valence-electron chi connectivity index (χ0n) is 11.5. The molecule has 3 aromatic rings.